The van der Waals surface area contributed by atoms with Gasteiger partial charge in [0.15, 0.2) is 9.84 Å². The molecule has 1 aromatic carbocycles. The van der Waals surface area contributed by atoms with E-state index in [1.807, 2.05) is 26.8 Å². The summed E-state index contributed by atoms with van der Waals surface area (Å²) in [5.41, 5.74) is 0.782. The van der Waals surface area contributed by atoms with Crippen LogP contribution in [0.3, 0.4) is 0 Å². The summed E-state index contributed by atoms with van der Waals surface area (Å²) in [5, 5.41) is 3.64. The van der Waals surface area contributed by atoms with Crippen molar-refractivity contribution in [2.24, 2.45) is 0 Å². The van der Waals surface area contributed by atoms with Crippen LogP contribution in [0.25, 0.3) is 0 Å². The smallest absolute Gasteiger partial charge is 0.152 e. The number of sulfone groups is 1. The van der Waals surface area contributed by atoms with Gasteiger partial charge in [0.25, 0.3) is 0 Å². The molecule has 20 heavy (non-hydrogen) atoms. The molecule has 114 valence electrons. The molecule has 1 unspecified atom stereocenters. The zero-order valence-corrected chi connectivity index (χ0v) is 13.9. The second-order valence-electron chi connectivity index (χ2n) is 5.06. The summed E-state index contributed by atoms with van der Waals surface area (Å²) in [4.78, 5) is 0. The van der Waals surface area contributed by atoms with Gasteiger partial charge in [-0.05, 0) is 39.0 Å². The van der Waals surface area contributed by atoms with Gasteiger partial charge in [-0.2, -0.15) is 0 Å². The van der Waals surface area contributed by atoms with Crippen LogP contribution < -0.4 is 10.1 Å². The van der Waals surface area contributed by atoms with E-state index in [-0.39, 0.29) is 23.7 Å². The van der Waals surface area contributed by atoms with Crippen molar-refractivity contribution in [3.8, 4) is 5.75 Å². The van der Waals surface area contributed by atoms with Gasteiger partial charge in [0.1, 0.15) is 5.75 Å². The Morgan fingerprint density at radius 2 is 1.95 bits per heavy atom. The van der Waals surface area contributed by atoms with Gasteiger partial charge >= 0.3 is 0 Å². The fourth-order valence-corrected chi connectivity index (χ4v) is 3.07. The highest BCUT2D eigenvalue weighted by atomic mass is 35.5. The summed E-state index contributed by atoms with van der Waals surface area (Å²) in [5.74, 6) is 0.882. The highest BCUT2D eigenvalue weighted by molar-refractivity contribution is 7.91. The van der Waals surface area contributed by atoms with Gasteiger partial charge in [-0.25, -0.2) is 8.42 Å². The number of anilines is 1. The molecule has 0 aliphatic carbocycles. The maximum atomic E-state index is 11.6. The molecule has 6 heteroatoms. The van der Waals surface area contributed by atoms with Crippen molar-refractivity contribution in [2.45, 2.75) is 39.8 Å². The molecule has 0 saturated carbocycles. The summed E-state index contributed by atoms with van der Waals surface area (Å²) in [6.07, 6.45) is 0.0555. The molecule has 0 spiro atoms. The average Bonchev–Trinajstić information content (AvgIpc) is 2.31. The molecule has 0 aromatic heterocycles. The van der Waals surface area contributed by atoms with Crippen molar-refractivity contribution in [3.63, 3.8) is 0 Å². The first-order valence-electron chi connectivity index (χ1n) is 6.66. The fourth-order valence-electron chi connectivity index (χ4n) is 1.77. The number of hydrogen-bond donors (Lipinski definition) is 1. The zero-order chi connectivity index (χ0) is 15.3. The quantitative estimate of drug-likeness (QED) is 0.837. The molecule has 0 amide bonds. The number of halogens is 1. The lowest BCUT2D eigenvalue weighted by atomic mass is 10.2. The third-order valence-electron chi connectivity index (χ3n) is 2.65. The fraction of sp³-hybridized carbons (Fsp3) is 0.571. The van der Waals surface area contributed by atoms with Gasteiger partial charge in [-0.15, -0.1) is 0 Å². The third kappa shape index (κ3) is 5.59. The van der Waals surface area contributed by atoms with Crippen molar-refractivity contribution in [1.82, 2.24) is 0 Å². The molecule has 0 fully saturated rings. The Kier molecular flexibility index (Phi) is 6.14. The summed E-state index contributed by atoms with van der Waals surface area (Å²) in [6.45, 7) is 7.34. The molecule has 0 bridgehead atoms. The van der Waals surface area contributed by atoms with Crippen molar-refractivity contribution < 1.29 is 13.2 Å². The van der Waals surface area contributed by atoms with Gasteiger partial charge in [0, 0.05) is 17.5 Å². The average molecular weight is 320 g/mol. The van der Waals surface area contributed by atoms with Crippen LogP contribution in [0.15, 0.2) is 18.2 Å². The van der Waals surface area contributed by atoms with Crippen LogP contribution in [0.4, 0.5) is 5.69 Å². The van der Waals surface area contributed by atoms with Crippen LogP contribution >= 0.6 is 11.6 Å². The van der Waals surface area contributed by atoms with Crippen molar-refractivity contribution >= 4 is 27.1 Å². The zero-order valence-electron chi connectivity index (χ0n) is 12.3. The highest BCUT2D eigenvalue weighted by Crippen LogP contribution is 2.28. The molecule has 0 aliphatic rings. The Bertz CT molecular complexity index is 543. The molecule has 4 nitrogen and oxygen atoms in total. The van der Waals surface area contributed by atoms with Crippen LogP contribution in [0.1, 0.15) is 27.7 Å². The molecule has 1 aromatic rings. The lowest BCUT2D eigenvalue weighted by Crippen LogP contribution is -2.26. The van der Waals surface area contributed by atoms with E-state index in [4.69, 9.17) is 16.3 Å². The number of ether oxygens (including phenoxy) is 1. The minimum atomic E-state index is -2.99. The Hall–Kier alpha value is -0.940. The van der Waals surface area contributed by atoms with E-state index in [2.05, 4.69) is 5.32 Å². The molecule has 0 saturated heterocycles. The van der Waals surface area contributed by atoms with Crippen LogP contribution in [-0.4, -0.2) is 32.1 Å². The van der Waals surface area contributed by atoms with Crippen molar-refractivity contribution in [1.29, 1.82) is 0 Å². The van der Waals surface area contributed by atoms with Crippen LogP contribution in [0, 0.1) is 0 Å². The Morgan fingerprint density at radius 1 is 1.30 bits per heavy atom. The molecule has 0 heterocycles. The predicted octanol–water partition coefficient (Wildman–Crippen LogP) is 3.36. The van der Waals surface area contributed by atoms with Gasteiger partial charge in [-0.1, -0.05) is 18.5 Å². The summed E-state index contributed by atoms with van der Waals surface area (Å²) in [7, 11) is -2.99. The third-order valence-corrected chi connectivity index (χ3v) is 4.83. The van der Waals surface area contributed by atoms with Gasteiger partial charge in [0.2, 0.25) is 0 Å². The first-order chi connectivity index (χ1) is 9.23. The summed E-state index contributed by atoms with van der Waals surface area (Å²) in [6, 6.07) is 5.19. The monoisotopic (exact) mass is 319 g/mol. The molecule has 1 N–H and O–H groups in total. The molecule has 1 atom stereocenters. The van der Waals surface area contributed by atoms with Gasteiger partial charge in [0.05, 0.1) is 16.9 Å². The van der Waals surface area contributed by atoms with E-state index in [0.717, 1.165) is 5.69 Å². The summed E-state index contributed by atoms with van der Waals surface area (Å²) < 4.78 is 28.7. The van der Waals surface area contributed by atoms with Crippen molar-refractivity contribution in [3.05, 3.63) is 23.2 Å². The van der Waals surface area contributed by atoms with Crippen molar-refractivity contribution in [2.75, 3.05) is 16.8 Å². The normalized spacial score (nSPS) is 13.3. The van der Waals surface area contributed by atoms with E-state index in [0.29, 0.717) is 10.8 Å². The largest absolute Gasteiger partial charge is 0.489 e. The first-order valence-corrected chi connectivity index (χ1v) is 8.86. The minimum Gasteiger partial charge on any atom is -0.489 e. The SMILES string of the molecule is CCS(=O)(=O)CC(C)Nc1ccc(OC(C)C)c(Cl)c1. The topological polar surface area (TPSA) is 55.4 Å². The second-order valence-corrected chi connectivity index (χ2v) is 7.86. The summed E-state index contributed by atoms with van der Waals surface area (Å²) >= 11 is 6.13. The second kappa shape index (κ2) is 7.18. The standard InChI is InChI=1S/C14H22ClNO3S/c1-5-20(17,18)9-11(4)16-12-6-7-14(13(15)8-12)19-10(2)3/h6-8,10-11,16H,5,9H2,1-4H3. The maximum Gasteiger partial charge on any atom is 0.152 e. The first kappa shape index (κ1) is 17.1. The van der Waals surface area contributed by atoms with E-state index in [1.165, 1.54) is 0 Å². The molecule has 1 rings (SSSR count). The van der Waals surface area contributed by atoms with E-state index >= 15 is 0 Å². The van der Waals surface area contributed by atoms with Crippen LogP contribution in [0.5, 0.6) is 5.75 Å². The Balaban J connectivity index is 2.72. The number of nitrogens with one attached hydrogen (secondary N) is 1. The molecular formula is C14H22ClNO3S. The van der Waals surface area contributed by atoms with Crippen LogP contribution in [0.2, 0.25) is 5.02 Å². The number of hydrogen-bond acceptors (Lipinski definition) is 4. The highest BCUT2D eigenvalue weighted by Gasteiger charge is 2.14. The minimum absolute atomic E-state index is 0.0555. The molecule has 0 aliphatic heterocycles. The Labute approximate surface area is 126 Å². The maximum absolute atomic E-state index is 11.6. The van der Waals surface area contributed by atoms with Gasteiger partial charge in [-0.3, -0.25) is 0 Å². The molecule has 0 radical (unpaired) electrons. The predicted molar refractivity (Wildman–Crippen MR) is 84.6 cm³/mol. The van der Waals surface area contributed by atoms with E-state index < -0.39 is 9.84 Å². The van der Waals surface area contributed by atoms with Gasteiger partial charge < -0.3 is 10.1 Å². The van der Waals surface area contributed by atoms with E-state index in [9.17, 15) is 8.42 Å². The lowest BCUT2D eigenvalue weighted by molar-refractivity contribution is 0.242. The number of benzene rings is 1. The van der Waals surface area contributed by atoms with E-state index in [1.54, 1.807) is 19.1 Å². The van der Waals surface area contributed by atoms with Crippen LogP contribution in [-0.2, 0) is 9.84 Å². The Morgan fingerprint density at radius 3 is 2.45 bits per heavy atom. The molecular weight excluding hydrogens is 298 g/mol. The number of rotatable bonds is 7. The lowest BCUT2D eigenvalue weighted by Gasteiger charge is -2.17.